The molecule has 1 aromatic rings. The lowest BCUT2D eigenvalue weighted by atomic mass is 9.97. The van der Waals surface area contributed by atoms with Gasteiger partial charge in [-0.25, -0.2) is 13.1 Å². The van der Waals surface area contributed by atoms with Gasteiger partial charge in [-0.1, -0.05) is 17.9 Å². The van der Waals surface area contributed by atoms with Crippen molar-refractivity contribution < 1.29 is 13.2 Å². The monoisotopic (exact) mass is 308 g/mol. The summed E-state index contributed by atoms with van der Waals surface area (Å²) in [6.07, 6.45) is 0.493. The van der Waals surface area contributed by atoms with Crippen LogP contribution in [0.1, 0.15) is 25.8 Å². The highest BCUT2D eigenvalue weighted by Gasteiger charge is 2.40. The number of nitrogens with one attached hydrogen (secondary N) is 1. The van der Waals surface area contributed by atoms with Crippen LogP contribution in [0.3, 0.4) is 0 Å². The van der Waals surface area contributed by atoms with Crippen molar-refractivity contribution in [2.45, 2.75) is 36.8 Å². The average molecular weight is 308 g/mol. The van der Waals surface area contributed by atoms with Gasteiger partial charge in [-0.15, -0.1) is 0 Å². The summed E-state index contributed by atoms with van der Waals surface area (Å²) >= 11 is 0. The van der Waals surface area contributed by atoms with Crippen molar-refractivity contribution in [1.29, 1.82) is 0 Å². The Labute approximate surface area is 125 Å². The van der Waals surface area contributed by atoms with Crippen molar-refractivity contribution in [1.82, 2.24) is 4.72 Å². The van der Waals surface area contributed by atoms with Gasteiger partial charge >= 0.3 is 0 Å². The predicted molar refractivity (Wildman–Crippen MR) is 81.1 cm³/mol. The van der Waals surface area contributed by atoms with E-state index in [9.17, 15) is 8.42 Å². The van der Waals surface area contributed by atoms with Crippen molar-refractivity contribution in [3.8, 4) is 11.8 Å². The van der Waals surface area contributed by atoms with Gasteiger partial charge in [0.1, 0.15) is 0 Å². The maximum Gasteiger partial charge on any atom is 0.241 e. The molecule has 1 fully saturated rings. The van der Waals surface area contributed by atoms with Gasteiger partial charge in [-0.05, 0) is 38.5 Å². The molecule has 0 radical (unpaired) electrons. The van der Waals surface area contributed by atoms with E-state index < -0.39 is 15.6 Å². The van der Waals surface area contributed by atoms with Crippen LogP contribution in [-0.4, -0.2) is 33.2 Å². The Morgan fingerprint density at radius 2 is 2.29 bits per heavy atom. The smallest absolute Gasteiger partial charge is 0.241 e. The highest BCUT2D eigenvalue weighted by atomic mass is 32.2. The lowest BCUT2D eigenvalue weighted by Gasteiger charge is -2.28. The van der Waals surface area contributed by atoms with Gasteiger partial charge in [0, 0.05) is 12.2 Å². The molecule has 6 heteroatoms. The Morgan fingerprint density at radius 3 is 2.90 bits per heavy atom. The van der Waals surface area contributed by atoms with Crippen LogP contribution in [0, 0.1) is 11.8 Å². The molecule has 114 valence electrons. The number of sulfonamides is 1. The highest BCUT2D eigenvalue weighted by Crippen LogP contribution is 2.27. The fourth-order valence-corrected chi connectivity index (χ4v) is 3.77. The third-order valence-electron chi connectivity index (χ3n) is 3.73. The van der Waals surface area contributed by atoms with Gasteiger partial charge in [0.2, 0.25) is 10.0 Å². The molecule has 0 spiro atoms. The molecule has 0 aromatic heterocycles. The van der Waals surface area contributed by atoms with Crippen LogP contribution in [0.5, 0.6) is 0 Å². The standard InChI is InChI=1S/C15H20N2O3S/c1-12-15(2,8-10-20-12)17-21(18,19)14-7-3-5-13(11-14)6-4-9-16/h3,5,7,11-12,17H,8-10,16H2,1-2H3. The first-order chi connectivity index (χ1) is 9.87. The molecule has 2 unspecified atom stereocenters. The molecule has 1 aromatic carbocycles. The molecular weight excluding hydrogens is 288 g/mol. The molecule has 1 heterocycles. The van der Waals surface area contributed by atoms with Crippen LogP contribution in [0.2, 0.25) is 0 Å². The van der Waals surface area contributed by atoms with Crippen LogP contribution in [0.15, 0.2) is 29.2 Å². The summed E-state index contributed by atoms with van der Waals surface area (Å²) in [7, 11) is -3.61. The predicted octanol–water partition coefficient (Wildman–Crippen LogP) is 0.843. The molecule has 2 atom stereocenters. The van der Waals surface area contributed by atoms with E-state index in [-0.39, 0.29) is 17.5 Å². The molecule has 5 nitrogen and oxygen atoms in total. The van der Waals surface area contributed by atoms with Gasteiger partial charge in [0.05, 0.1) is 23.1 Å². The summed E-state index contributed by atoms with van der Waals surface area (Å²) in [5.74, 6) is 5.55. The van der Waals surface area contributed by atoms with E-state index in [4.69, 9.17) is 10.5 Å². The molecule has 1 aliphatic heterocycles. The van der Waals surface area contributed by atoms with Crippen LogP contribution in [0.25, 0.3) is 0 Å². The van der Waals surface area contributed by atoms with Gasteiger partial charge in [0.25, 0.3) is 0 Å². The molecular formula is C15H20N2O3S. The average Bonchev–Trinajstić information content (AvgIpc) is 2.75. The van der Waals surface area contributed by atoms with E-state index in [1.54, 1.807) is 24.3 Å². The molecule has 0 bridgehead atoms. The minimum absolute atomic E-state index is 0.160. The normalized spacial score (nSPS) is 25.4. The first-order valence-corrected chi connectivity index (χ1v) is 8.30. The molecule has 0 amide bonds. The summed E-state index contributed by atoms with van der Waals surface area (Å²) in [4.78, 5) is 0.201. The molecule has 21 heavy (non-hydrogen) atoms. The molecule has 0 saturated carbocycles. The molecule has 1 saturated heterocycles. The minimum Gasteiger partial charge on any atom is -0.376 e. The van der Waals surface area contributed by atoms with Gasteiger partial charge in [-0.3, -0.25) is 0 Å². The molecule has 3 N–H and O–H groups in total. The maximum atomic E-state index is 12.5. The van der Waals surface area contributed by atoms with E-state index >= 15 is 0 Å². The topological polar surface area (TPSA) is 81.4 Å². The Kier molecular flexibility index (Phi) is 4.69. The SMILES string of the molecule is CC1OCCC1(C)NS(=O)(=O)c1cccc(C#CCN)c1. The molecule has 2 rings (SSSR count). The fourth-order valence-electron chi connectivity index (χ4n) is 2.23. The van der Waals surface area contributed by atoms with Crippen LogP contribution >= 0.6 is 0 Å². The van der Waals surface area contributed by atoms with E-state index in [0.29, 0.717) is 18.6 Å². The van der Waals surface area contributed by atoms with Gasteiger partial charge < -0.3 is 10.5 Å². The third kappa shape index (κ3) is 3.63. The summed E-state index contributed by atoms with van der Waals surface area (Å²) in [5, 5.41) is 0. The summed E-state index contributed by atoms with van der Waals surface area (Å²) in [5.41, 5.74) is 5.37. The Bertz CT molecular complexity index is 676. The number of nitrogens with two attached hydrogens (primary N) is 1. The summed E-state index contributed by atoms with van der Waals surface area (Å²) < 4.78 is 33.3. The number of hydrogen-bond acceptors (Lipinski definition) is 4. The summed E-state index contributed by atoms with van der Waals surface area (Å²) in [6, 6.07) is 6.53. The Balaban J connectivity index is 2.27. The first-order valence-electron chi connectivity index (χ1n) is 6.82. The second kappa shape index (κ2) is 6.16. The molecule has 1 aliphatic rings. The van der Waals surface area contributed by atoms with E-state index in [2.05, 4.69) is 16.6 Å². The van der Waals surface area contributed by atoms with Crippen LogP contribution in [0.4, 0.5) is 0 Å². The lowest BCUT2D eigenvalue weighted by Crippen LogP contribution is -2.50. The Hall–Kier alpha value is -1.39. The van der Waals surface area contributed by atoms with E-state index in [0.717, 1.165) is 0 Å². The zero-order valence-corrected chi connectivity index (χ0v) is 13.0. The lowest BCUT2D eigenvalue weighted by molar-refractivity contribution is 0.0957. The minimum atomic E-state index is -3.61. The van der Waals surface area contributed by atoms with Crippen LogP contribution < -0.4 is 10.5 Å². The number of ether oxygens (including phenoxy) is 1. The number of rotatable bonds is 3. The van der Waals surface area contributed by atoms with Crippen molar-refractivity contribution in [3.63, 3.8) is 0 Å². The van der Waals surface area contributed by atoms with Gasteiger partial charge in [0.15, 0.2) is 0 Å². The van der Waals surface area contributed by atoms with Crippen LogP contribution in [-0.2, 0) is 14.8 Å². The first kappa shape index (κ1) is 16.0. The zero-order chi connectivity index (χ0) is 15.5. The van der Waals surface area contributed by atoms with Crippen molar-refractivity contribution in [2.24, 2.45) is 5.73 Å². The quantitative estimate of drug-likeness (QED) is 0.811. The van der Waals surface area contributed by atoms with Crippen molar-refractivity contribution >= 4 is 10.0 Å². The summed E-state index contributed by atoms with van der Waals surface area (Å²) in [6.45, 7) is 4.53. The van der Waals surface area contributed by atoms with E-state index in [1.165, 1.54) is 0 Å². The largest absolute Gasteiger partial charge is 0.376 e. The van der Waals surface area contributed by atoms with E-state index in [1.807, 2.05) is 13.8 Å². The molecule has 0 aliphatic carbocycles. The number of hydrogen-bond donors (Lipinski definition) is 2. The number of benzene rings is 1. The zero-order valence-electron chi connectivity index (χ0n) is 12.2. The third-order valence-corrected chi connectivity index (χ3v) is 5.34. The second-order valence-corrected chi connectivity index (χ2v) is 7.00. The Morgan fingerprint density at radius 1 is 1.52 bits per heavy atom. The second-order valence-electron chi connectivity index (χ2n) is 5.32. The fraction of sp³-hybridized carbons (Fsp3) is 0.467. The van der Waals surface area contributed by atoms with Crippen molar-refractivity contribution in [3.05, 3.63) is 29.8 Å². The van der Waals surface area contributed by atoms with Crippen molar-refractivity contribution in [2.75, 3.05) is 13.2 Å². The maximum absolute atomic E-state index is 12.5. The highest BCUT2D eigenvalue weighted by molar-refractivity contribution is 7.89. The van der Waals surface area contributed by atoms with Gasteiger partial charge in [-0.2, -0.15) is 0 Å².